The first-order chi connectivity index (χ1) is 8.66. The third-order valence-corrected chi connectivity index (χ3v) is 3.14. The van der Waals surface area contributed by atoms with E-state index in [9.17, 15) is 4.79 Å². The van der Waals surface area contributed by atoms with E-state index in [0.717, 1.165) is 16.7 Å². The molecule has 0 bridgehead atoms. The van der Waals surface area contributed by atoms with Crippen molar-refractivity contribution in [2.24, 2.45) is 14.1 Å². The van der Waals surface area contributed by atoms with Gasteiger partial charge in [0, 0.05) is 20.3 Å². The van der Waals surface area contributed by atoms with Crippen LogP contribution in [0.2, 0.25) is 0 Å². The molecule has 0 radical (unpaired) electrons. The van der Waals surface area contributed by atoms with Gasteiger partial charge in [-0.05, 0) is 18.2 Å². The molecule has 0 aliphatic heterocycles. The van der Waals surface area contributed by atoms with Crippen molar-refractivity contribution in [1.29, 1.82) is 0 Å². The Balaban J connectivity index is 2.17. The maximum absolute atomic E-state index is 12.2. The summed E-state index contributed by atoms with van der Waals surface area (Å²) in [6, 6.07) is 9.71. The number of para-hydroxylation sites is 2. The molecule has 0 N–H and O–H groups in total. The summed E-state index contributed by atoms with van der Waals surface area (Å²) in [5, 5.41) is 4.31. The van der Waals surface area contributed by atoms with Gasteiger partial charge in [0.05, 0.1) is 23.3 Å². The summed E-state index contributed by atoms with van der Waals surface area (Å²) < 4.78 is 5.15. The first kappa shape index (κ1) is 10.8. The van der Waals surface area contributed by atoms with Crippen LogP contribution in [0.15, 0.2) is 41.3 Å². The second-order valence-corrected chi connectivity index (χ2v) is 4.40. The van der Waals surface area contributed by atoms with Crippen LogP contribution in [0.4, 0.5) is 0 Å². The summed E-state index contributed by atoms with van der Waals surface area (Å²) in [5.41, 5.74) is 2.76. The fourth-order valence-corrected chi connectivity index (χ4v) is 2.23. The molecule has 0 atom stereocenters. The fraction of sp³-hybridized carbons (Fsp3) is 0.231. The maximum Gasteiger partial charge on any atom is 0.329 e. The largest absolute Gasteiger partial charge is 0.329 e. The van der Waals surface area contributed by atoms with Crippen LogP contribution in [0.1, 0.15) is 5.69 Å². The average Bonchev–Trinajstić information content (AvgIpc) is 2.88. The molecule has 0 spiro atoms. The van der Waals surface area contributed by atoms with Crippen LogP contribution in [-0.4, -0.2) is 18.9 Å². The van der Waals surface area contributed by atoms with E-state index in [2.05, 4.69) is 5.10 Å². The van der Waals surface area contributed by atoms with E-state index in [1.54, 1.807) is 20.9 Å². The van der Waals surface area contributed by atoms with Gasteiger partial charge >= 0.3 is 5.69 Å². The average molecular weight is 242 g/mol. The van der Waals surface area contributed by atoms with Crippen LogP contribution in [0.25, 0.3) is 11.0 Å². The highest BCUT2D eigenvalue weighted by molar-refractivity contribution is 5.75. The van der Waals surface area contributed by atoms with Gasteiger partial charge in [-0.25, -0.2) is 4.79 Å². The number of hydrogen-bond acceptors (Lipinski definition) is 2. The Kier molecular flexibility index (Phi) is 2.33. The molecule has 0 unspecified atom stereocenters. The van der Waals surface area contributed by atoms with E-state index in [0.29, 0.717) is 6.54 Å². The highest BCUT2D eigenvalue weighted by Gasteiger charge is 2.10. The van der Waals surface area contributed by atoms with E-state index in [-0.39, 0.29) is 5.69 Å². The second-order valence-electron chi connectivity index (χ2n) is 4.40. The number of rotatable bonds is 2. The minimum absolute atomic E-state index is 0.0122. The predicted octanol–water partition coefficient (Wildman–Crippen LogP) is 1.12. The van der Waals surface area contributed by atoms with Gasteiger partial charge in [-0.15, -0.1) is 0 Å². The number of fused-ring (bicyclic) bond motifs is 1. The van der Waals surface area contributed by atoms with Crippen LogP contribution in [0, 0.1) is 0 Å². The van der Waals surface area contributed by atoms with Crippen molar-refractivity contribution >= 4 is 11.0 Å². The van der Waals surface area contributed by atoms with Crippen LogP contribution < -0.4 is 5.69 Å². The van der Waals surface area contributed by atoms with Crippen molar-refractivity contribution in [2.45, 2.75) is 6.54 Å². The van der Waals surface area contributed by atoms with Gasteiger partial charge in [-0.3, -0.25) is 13.8 Å². The van der Waals surface area contributed by atoms with Crippen molar-refractivity contribution in [1.82, 2.24) is 18.9 Å². The van der Waals surface area contributed by atoms with Crippen LogP contribution in [0.3, 0.4) is 0 Å². The Hall–Kier alpha value is -2.30. The lowest BCUT2D eigenvalue weighted by molar-refractivity contribution is 0.687. The van der Waals surface area contributed by atoms with E-state index < -0.39 is 0 Å². The predicted molar refractivity (Wildman–Crippen MR) is 69.5 cm³/mol. The number of imidazole rings is 1. The standard InChI is InChI=1S/C13H14N4O/c1-15-8-7-10(14-15)9-17-12-6-4-3-5-11(12)16(2)13(17)18/h3-8H,9H2,1-2H3. The molecular formula is C13H14N4O. The van der Waals surface area contributed by atoms with E-state index in [4.69, 9.17) is 0 Å². The highest BCUT2D eigenvalue weighted by atomic mass is 16.1. The van der Waals surface area contributed by atoms with Crippen LogP contribution in [0.5, 0.6) is 0 Å². The van der Waals surface area contributed by atoms with Gasteiger partial charge in [-0.1, -0.05) is 12.1 Å². The summed E-state index contributed by atoms with van der Waals surface area (Å²) in [6.07, 6.45) is 1.88. The summed E-state index contributed by atoms with van der Waals surface area (Å²) in [4.78, 5) is 12.2. The summed E-state index contributed by atoms with van der Waals surface area (Å²) in [6.45, 7) is 0.501. The third kappa shape index (κ3) is 1.55. The number of hydrogen-bond donors (Lipinski definition) is 0. The molecule has 3 rings (SSSR count). The van der Waals surface area contributed by atoms with Gasteiger partial charge in [0.1, 0.15) is 0 Å². The van der Waals surface area contributed by atoms with Gasteiger partial charge in [0.25, 0.3) is 0 Å². The molecule has 0 aliphatic rings. The molecule has 2 aromatic heterocycles. The van der Waals surface area contributed by atoms with Crippen LogP contribution in [-0.2, 0) is 20.6 Å². The lowest BCUT2D eigenvalue weighted by atomic mass is 10.3. The van der Waals surface area contributed by atoms with Gasteiger partial charge < -0.3 is 0 Å². The first-order valence-electron chi connectivity index (χ1n) is 5.79. The van der Waals surface area contributed by atoms with Crippen molar-refractivity contribution in [3.8, 4) is 0 Å². The molecule has 92 valence electrons. The molecule has 0 saturated heterocycles. The number of aryl methyl sites for hydroxylation is 2. The zero-order valence-electron chi connectivity index (χ0n) is 10.4. The third-order valence-electron chi connectivity index (χ3n) is 3.14. The summed E-state index contributed by atoms with van der Waals surface area (Å²) >= 11 is 0. The minimum atomic E-state index is -0.0122. The molecule has 1 aromatic carbocycles. The lowest BCUT2D eigenvalue weighted by Crippen LogP contribution is -2.22. The number of benzene rings is 1. The zero-order chi connectivity index (χ0) is 12.7. The Morgan fingerprint density at radius 3 is 2.50 bits per heavy atom. The molecular weight excluding hydrogens is 228 g/mol. The molecule has 0 saturated carbocycles. The van der Waals surface area contributed by atoms with Gasteiger partial charge in [0.15, 0.2) is 0 Å². The molecule has 0 fully saturated rings. The van der Waals surface area contributed by atoms with Gasteiger partial charge in [-0.2, -0.15) is 5.10 Å². The maximum atomic E-state index is 12.2. The van der Waals surface area contributed by atoms with Crippen molar-refractivity contribution in [2.75, 3.05) is 0 Å². The Morgan fingerprint density at radius 2 is 1.83 bits per heavy atom. The molecule has 0 aliphatic carbocycles. The smallest absolute Gasteiger partial charge is 0.295 e. The SMILES string of the molecule is Cn1ccc(Cn2c(=O)n(C)c3ccccc32)n1. The van der Waals surface area contributed by atoms with E-state index >= 15 is 0 Å². The van der Waals surface area contributed by atoms with Crippen molar-refractivity contribution in [3.05, 3.63) is 52.7 Å². The Bertz CT molecular complexity index is 763. The number of aromatic nitrogens is 4. The fourth-order valence-electron chi connectivity index (χ4n) is 2.23. The topological polar surface area (TPSA) is 44.8 Å². The first-order valence-corrected chi connectivity index (χ1v) is 5.79. The molecule has 3 aromatic rings. The summed E-state index contributed by atoms with van der Waals surface area (Å²) in [7, 11) is 3.66. The molecule has 0 amide bonds. The Morgan fingerprint density at radius 1 is 1.11 bits per heavy atom. The molecule has 18 heavy (non-hydrogen) atoms. The van der Waals surface area contributed by atoms with E-state index in [1.807, 2.05) is 43.6 Å². The van der Waals surface area contributed by atoms with Crippen molar-refractivity contribution in [3.63, 3.8) is 0 Å². The highest BCUT2D eigenvalue weighted by Crippen LogP contribution is 2.12. The van der Waals surface area contributed by atoms with E-state index in [1.165, 1.54) is 0 Å². The zero-order valence-corrected chi connectivity index (χ0v) is 10.4. The normalized spacial score (nSPS) is 11.2. The quantitative estimate of drug-likeness (QED) is 0.676. The monoisotopic (exact) mass is 242 g/mol. The van der Waals surface area contributed by atoms with Crippen LogP contribution >= 0.6 is 0 Å². The lowest BCUT2D eigenvalue weighted by Gasteiger charge is -1.99. The molecule has 5 heteroatoms. The summed E-state index contributed by atoms with van der Waals surface area (Å²) in [5.74, 6) is 0. The minimum Gasteiger partial charge on any atom is -0.295 e. The molecule has 5 nitrogen and oxygen atoms in total. The second kappa shape index (κ2) is 3.87. The number of nitrogens with zero attached hydrogens (tertiary/aromatic N) is 4. The Labute approximate surface area is 104 Å². The van der Waals surface area contributed by atoms with Crippen molar-refractivity contribution < 1.29 is 0 Å². The molecule has 2 heterocycles. The van der Waals surface area contributed by atoms with Gasteiger partial charge in [0.2, 0.25) is 0 Å².